The highest BCUT2D eigenvalue weighted by Gasteiger charge is 2.29. The SMILES string of the molecule is CCCCOc1nc(C)cc(C)c1CN1CCOc2ccc(C(=O)O)c(C)c2C1=O. The lowest BCUT2D eigenvalue weighted by Gasteiger charge is -2.23. The number of carbonyl (C=O) groups excluding carboxylic acids is 1. The van der Waals surface area contributed by atoms with Gasteiger partial charge in [0.25, 0.3) is 5.91 Å². The molecule has 1 aromatic carbocycles. The van der Waals surface area contributed by atoms with Gasteiger partial charge >= 0.3 is 5.97 Å². The molecular weight excluding hydrogens is 384 g/mol. The number of fused-ring (bicyclic) bond motifs is 1. The number of ether oxygens (including phenoxy) is 2. The van der Waals surface area contributed by atoms with Crippen molar-refractivity contribution >= 4 is 11.9 Å². The van der Waals surface area contributed by atoms with Crippen LogP contribution in [0, 0.1) is 20.8 Å². The lowest BCUT2D eigenvalue weighted by atomic mass is 10.00. The number of hydrogen-bond acceptors (Lipinski definition) is 5. The molecule has 0 radical (unpaired) electrons. The van der Waals surface area contributed by atoms with Crippen LogP contribution in [0.15, 0.2) is 18.2 Å². The summed E-state index contributed by atoms with van der Waals surface area (Å²) in [7, 11) is 0. The minimum absolute atomic E-state index is 0.101. The number of pyridine rings is 1. The normalized spacial score (nSPS) is 13.5. The Hall–Kier alpha value is -3.09. The minimum atomic E-state index is -1.07. The molecule has 0 fully saturated rings. The van der Waals surface area contributed by atoms with Crippen molar-refractivity contribution in [3.63, 3.8) is 0 Å². The van der Waals surface area contributed by atoms with Crippen molar-refractivity contribution in [2.24, 2.45) is 0 Å². The molecule has 0 atom stereocenters. The number of carboxylic acid groups (broad SMARTS) is 1. The summed E-state index contributed by atoms with van der Waals surface area (Å²) < 4.78 is 11.7. The average molecular weight is 412 g/mol. The van der Waals surface area contributed by atoms with E-state index in [1.807, 2.05) is 19.9 Å². The van der Waals surface area contributed by atoms with Gasteiger partial charge in [-0.2, -0.15) is 0 Å². The Labute approximate surface area is 176 Å². The molecule has 0 spiro atoms. The average Bonchev–Trinajstić information content (AvgIpc) is 2.84. The monoisotopic (exact) mass is 412 g/mol. The smallest absolute Gasteiger partial charge is 0.335 e. The van der Waals surface area contributed by atoms with E-state index in [4.69, 9.17) is 9.47 Å². The van der Waals surface area contributed by atoms with E-state index >= 15 is 0 Å². The van der Waals surface area contributed by atoms with Gasteiger partial charge in [0, 0.05) is 11.3 Å². The van der Waals surface area contributed by atoms with Crippen molar-refractivity contribution < 1.29 is 24.2 Å². The molecule has 0 bridgehead atoms. The van der Waals surface area contributed by atoms with Gasteiger partial charge in [-0.1, -0.05) is 13.3 Å². The van der Waals surface area contributed by atoms with Crippen LogP contribution in [0.3, 0.4) is 0 Å². The number of nitrogens with zero attached hydrogens (tertiary/aromatic N) is 2. The summed E-state index contributed by atoms with van der Waals surface area (Å²) in [5.41, 5.74) is 3.54. The molecule has 0 saturated carbocycles. The van der Waals surface area contributed by atoms with Crippen LogP contribution >= 0.6 is 0 Å². The highest BCUT2D eigenvalue weighted by atomic mass is 16.5. The Morgan fingerprint density at radius 2 is 2.07 bits per heavy atom. The van der Waals surface area contributed by atoms with Gasteiger partial charge in [-0.15, -0.1) is 0 Å². The first-order valence-electron chi connectivity index (χ1n) is 10.2. The van der Waals surface area contributed by atoms with Crippen molar-refractivity contribution in [3.05, 3.63) is 51.7 Å². The van der Waals surface area contributed by atoms with Crippen molar-refractivity contribution in [1.29, 1.82) is 0 Å². The molecule has 0 saturated heterocycles. The second-order valence-electron chi connectivity index (χ2n) is 7.56. The second-order valence-corrected chi connectivity index (χ2v) is 7.56. The third-order valence-corrected chi connectivity index (χ3v) is 5.30. The van der Waals surface area contributed by atoms with Gasteiger partial charge in [0.2, 0.25) is 5.88 Å². The van der Waals surface area contributed by atoms with Gasteiger partial charge in [-0.25, -0.2) is 9.78 Å². The first-order valence-corrected chi connectivity index (χ1v) is 10.2. The molecule has 7 nitrogen and oxygen atoms in total. The third-order valence-electron chi connectivity index (χ3n) is 5.30. The molecule has 160 valence electrons. The van der Waals surface area contributed by atoms with E-state index in [-0.39, 0.29) is 11.5 Å². The molecule has 1 aliphatic heterocycles. The topological polar surface area (TPSA) is 89.0 Å². The maximum Gasteiger partial charge on any atom is 0.335 e. The van der Waals surface area contributed by atoms with Crippen LogP contribution < -0.4 is 9.47 Å². The number of unbranched alkanes of at least 4 members (excludes halogenated alkanes) is 1. The molecule has 0 aliphatic carbocycles. The zero-order valence-electron chi connectivity index (χ0n) is 17.9. The maximum absolute atomic E-state index is 13.4. The number of carboxylic acids is 1. The molecule has 7 heteroatoms. The van der Waals surface area contributed by atoms with Crippen LogP contribution in [0.1, 0.15) is 62.9 Å². The minimum Gasteiger partial charge on any atom is -0.491 e. The Kier molecular flexibility index (Phi) is 6.59. The van der Waals surface area contributed by atoms with Crippen LogP contribution in [0.4, 0.5) is 0 Å². The zero-order valence-corrected chi connectivity index (χ0v) is 17.9. The van der Waals surface area contributed by atoms with Crippen LogP contribution in [-0.2, 0) is 6.54 Å². The molecular formula is C23H28N2O5. The highest BCUT2D eigenvalue weighted by molar-refractivity contribution is 6.02. The Morgan fingerprint density at radius 1 is 1.30 bits per heavy atom. The fraction of sp³-hybridized carbons (Fsp3) is 0.435. The molecule has 1 amide bonds. The van der Waals surface area contributed by atoms with E-state index in [0.29, 0.717) is 49.1 Å². The fourth-order valence-electron chi connectivity index (χ4n) is 3.63. The van der Waals surface area contributed by atoms with Crippen LogP contribution in [0.2, 0.25) is 0 Å². The van der Waals surface area contributed by atoms with E-state index in [9.17, 15) is 14.7 Å². The number of rotatable bonds is 7. The highest BCUT2D eigenvalue weighted by Crippen LogP contribution is 2.31. The number of aromatic carboxylic acids is 1. The standard InChI is InChI=1S/C23H28N2O5/c1-5-6-10-30-21-18(14(2)12-15(3)24-21)13-25-9-11-29-19-8-7-17(23(27)28)16(4)20(19)22(25)26/h7-8,12H,5-6,9-11,13H2,1-4H3,(H,27,28). The molecule has 1 N–H and O–H groups in total. The number of aryl methyl sites for hydroxylation is 2. The first kappa shape index (κ1) is 21.6. The van der Waals surface area contributed by atoms with Gasteiger partial charge in [0.05, 0.1) is 30.8 Å². The Balaban J connectivity index is 1.96. The van der Waals surface area contributed by atoms with Crippen LogP contribution in [0.5, 0.6) is 11.6 Å². The fourth-order valence-corrected chi connectivity index (χ4v) is 3.63. The van der Waals surface area contributed by atoms with Gasteiger partial charge in [-0.05, 0) is 56.5 Å². The van der Waals surface area contributed by atoms with Crippen LogP contribution in [-0.4, -0.2) is 46.6 Å². The van der Waals surface area contributed by atoms with E-state index in [2.05, 4.69) is 11.9 Å². The summed E-state index contributed by atoms with van der Waals surface area (Å²) in [6.45, 7) is 9.25. The van der Waals surface area contributed by atoms with E-state index < -0.39 is 5.97 Å². The van der Waals surface area contributed by atoms with Gasteiger partial charge in [-0.3, -0.25) is 4.79 Å². The quantitative estimate of drug-likeness (QED) is 0.694. The predicted molar refractivity (Wildman–Crippen MR) is 112 cm³/mol. The molecule has 1 aliphatic rings. The van der Waals surface area contributed by atoms with Gasteiger partial charge < -0.3 is 19.5 Å². The van der Waals surface area contributed by atoms with Crippen molar-refractivity contribution in [3.8, 4) is 11.6 Å². The summed E-state index contributed by atoms with van der Waals surface area (Å²) >= 11 is 0. The third kappa shape index (κ3) is 4.40. The molecule has 1 aromatic heterocycles. The molecule has 2 aromatic rings. The predicted octanol–water partition coefficient (Wildman–Crippen LogP) is 3.92. The zero-order chi connectivity index (χ0) is 21.8. The van der Waals surface area contributed by atoms with Crippen LogP contribution in [0.25, 0.3) is 0 Å². The second kappa shape index (κ2) is 9.15. The molecule has 3 rings (SSSR count). The number of hydrogen-bond donors (Lipinski definition) is 1. The number of aromatic nitrogens is 1. The summed E-state index contributed by atoms with van der Waals surface area (Å²) in [5.74, 6) is -0.343. The molecule has 30 heavy (non-hydrogen) atoms. The maximum atomic E-state index is 13.4. The summed E-state index contributed by atoms with van der Waals surface area (Å²) in [6, 6.07) is 5.01. The number of carbonyl (C=O) groups is 2. The first-order chi connectivity index (χ1) is 14.3. The Bertz CT molecular complexity index is 971. The van der Waals surface area contributed by atoms with E-state index in [0.717, 1.165) is 29.7 Å². The summed E-state index contributed by atoms with van der Waals surface area (Å²) in [6.07, 6.45) is 1.94. The number of benzene rings is 1. The largest absolute Gasteiger partial charge is 0.491 e. The van der Waals surface area contributed by atoms with Crippen molar-refractivity contribution in [1.82, 2.24) is 9.88 Å². The summed E-state index contributed by atoms with van der Waals surface area (Å²) in [4.78, 5) is 31.1. The molecule has 2 heterocycles. The lowest BCUT2D eigenvalue weighted by Crippen LogP contribution is -2.33. The van der Waals surface area contributed by atoms with Crippen molar-refractivity contribution in [2.75, 3.05) is 19.8 Å². The lowest BCUT2D eigenvalue weighted by molar-refractivity contribution is 0.0696. The van der Waals surface area contributed by atoms with Gasteiger partial charge in [0.1, 0.15) is 12.4 Å². The summed E-state index contributed by atoms with van der Waals surface area (Å²) in [5, 5.41) is 9.44. The van der Waals surface area contributed by atoms with Gasteiger partial charge in [0.15, 0.2) is 0 Å². The number of amides is 1. The Morgan fingerprint density at radius 3 is 2.77 bits per heavy atom. The molecule has 0 unspecified atom stereocenters. The van der Waals surface area contributed by atoms with E-state index in [1.54, 1.807) is 17.9 Å². The van der Waals surface area contributed by atoms with E-state index in [1.165, 1.54) is 6.07 Å². The van der Waals surface area contributed by atoms with Crippen molar-refractivity contribution in [2.45, 2.75) is 47.1 Å².